The third-order valence-electron chi connectivity index (χ3n) is 3.56. The molecular formula is C13H23BN2O2. The number of hydrogen-bond donors (Lipinski definition) is 1. The molecule has 100 valence electrons. The van der Waals surface area contributed by atoms with Crippen molar-refractivity contribution in [3.63, 3.8) is 0 Å². The zero-order valence-electron chi connectivity index (χ0n) is 12.2. The molecule has 0 saturated carbocycles. The first-order valence-electron chi connectivity index (χ1n) is 6.11. The van der Waals surface area contributed by atoms with Crippen molar-refractivity contribution in [2.45, 2.75) is 38.9 Å². The van der Waals surface area contributed by atoms with E-state index in [1.165, 1.54) is 0 Å². The summed E-state index contributed by atoms with van der Waals surface area (Å²) >= 11 is 0. The van der Waals surface area contributed by atoms with Crippen LogP contribution in [0, 0.1) is 0 Å². The third-order valence-corrected chi connectivity index (χ3v) is 3.56. The number of rotatable bonds is 3. The first-order chi connectivity index (χ1) is 8.27. The zero-order chi connectivity index (χ0) is 14.0. The SMILES string of the molecule is C=C/C(=C\C(=NC)NC)B1OC(C)(C)C(C)(C)O1. The molecule has 0 atom stereocenters. The number of nitrogens with one attached hydrogen (secondary N) is 1. The molecule has 1 heterocycles. The standard InChI is InChI=1S/C13H23BN2O2/c1-8-10(9-11(15-6)16-7)14-17-12(2,3)13(4,5)18-14/h8-9H,1H2,2-7H3,(H,15,16)/b10-9+. The number of aliphatic imine (C=N–C) groups is 1. The van der Waals surface area contributed by atoms with Crippen LogP contribution in [0.15, 0.2) is 29.2 Å². The molecule has 1 aliphatic rings. The quantitative estimate of drug-likeness (QED) is 0.360. The summed E-state index contributed by atoms with van der Waals surface area (Å²) in [4.78, 5) is 4.11. The molecule has 0 bridgehead atoms. The predicted molar refractivity (Wildman–Crippen MR) is 76.8 cm³/mol. The van der Waals surface area contributed by atoms with Crippen molar-refractivity contribution < 1.29 is 9.31 Å². The highest BCUT2D eigenvalue weighted by Gasteiger charge is 2.51. The monoisotopic (exact) mass is 250 g/mol. The van der Waals surface area contributed by atoms with Crippen molar-refractivity contribution >= 4 is 13.0 Å². The minimum atomic E-state index is -0.405. The molecule has 4 nitrogen and oxygen atoms in total. The third kappa shape index (κ3) is 2.84. The minimum Gasteiger partial charge on any atom is -0.399 e. The maximum Gasteiger partial charge on any atom is 0.494 e. The van der Waals surface area contributed by atoms with Gasteiger partial charge in [-0.15, -0.1) is 0 Å². The van der Waals surface area contributed by atoms with Crippen LogP contribution in [0.1, 0.15) is 27.7 Å². The van der Waals surface area contributed by atoms with Crippen LogP contribution in [0.2, 0.25) is 0 Å². The van der Waals surface area contributed by atoms with Gasteiger partial charge in [0.15, 0.2) is 0 Å². The van der Waals surface area contributed by atoms with Gasteiger partial charge in [-0.05, 0) is 39.2 Å². The van der Waals surface area contributed by atoms with Gasteiger partial charge >= 0.3 is 7.12 Å². The van der Waals surface area contributed by atoms with E-state index < -0.39 is 7.12 Å². The van der Waals surface area contributed by atoms with Gasteiger partial charge in [0.2, 0.25) is 0 Å². The Labute approximate surface area is 110 Å². The van der Waals surface area contributed by atoms with Crippen LogP contribution in [-0.4, -0.2) is 38.3 Å². The number of likely N-dealkylation sites (N-methyl/N-ethyl adjacent to an activating group) is 1. The highest BCUT2D eigenvalue weighted by atomic mass is 16.7. The molecule has 0 radical (unpaired) electrons. The molecule has 1 saturated heterocycles. The summed E-state index contributed by atoms with van der Waals surface area (Å²) < 4.78 is 11.9. The fourth-order valence-corrected chi connectivity index (χ4v) is 1.61. The van der Waals surface area contributed by atoms with E-state index in [9.17, 15) is 0 Å². The van der Waals surface area contributed by atoms with E-state index in [1.54, 1.807) is 13.1 Å². The van der Waals surface area contributed by atoms with Crippen molar-refractivity contribution in [1.29, 1.82) is 0 Å². The van der Waals surface area contributed by atoms with E-state index in [0.717, 1.165) is 11.3 Å². The number of allylic oxidation sites excluding steroid dienone is 2. The summed E-state index contributed by atoms with van der Waals surface area (Å²) in [6.07, 6.45) is 3.62. The Bertz CT molecular complexity index is 370. The van der Waals surface area contributed by atoms with Gasteiger partial charge in [0.05, 0.1) is 11.2 Å². The van der Waals surface area contributed by atoms with Gasteiger partial charge in [-0.25, -0.2) is 0 Å². The minimum absolute atomic E-state index is 0.344. The van der Waals surface area contributed by atoms with E-state index in [4.69, 9.17) is 9.31 Å². The van der Waals surface area contributed by atoms with Crippen LogP contribution in [-0.2, 0) is 9.31 Å². The molecule has 1 rings (SSSR count). The van der Waals surface area contributed by atoms with Crippen LogP contribution in [0.4, 0.5) is 0 Å². The normalized spacial score (nSPS) is 23.1. The Morgan fingerprint density at radius 3 is 2.06 bits per heavy atom. The average molecular weight is 250 g/mol. The fraction of sp³-hybridized carbons (Fsp3) is 0.615. The molecule has 18 heavy (non-hydrogen) atoms. The molecule has 0 aromatic carbocycles. The smallest absolute Gasteiger partial charge is 0.399 e. The molecule has 0 unspecified atom stereocenters. The molecule has 0 aliphatic carbocycles. The van der Waals surface area contributed by atoms with E-state index in [-0.39, 0.29) is 11.2 Å². The molecule has 0 amide bonds. The number of hydrogen-bond acceptors (Lipinski definition) is 3. The summed E-state index contributed by atoms with van der Waals surface area (Å²) in [6.45, 7) is 11.9. The number of nitrogens with zero attached hydrogens (tertiary/aromatic N) is 1. The lowest BCUT2D eigenvalue weighted by Crippen LogP contribution is -2.41. The van der Waals surface area contributed by atoms with Crippen LogP contribution in [0.5, 0.6) is 0 Å². The lowest BCUT2D eigenvalue weighted by Gasteiger charge is -2.32. The van der Waals surface area contributed by atoms with E-state index in [2.05, 4.69) is 16.9 Å². The Morgan fingerprint density at radius 1 is 1.22 bits per heavy atom. The van der Waals surface area contributed by atoms with E-state index in [1.807, 2.05) is 40.8 Å². The van der Waals surface area contributed by atoms with Crippen molar-refractivity contribution in [2.75, 3.05) is 14.1 Å². The lowest BCUT2D eigenvalue weighted by molar-refractivity contribution is 0.00578. The van der Waals surface area contributed by atoms with Crippen molar-refractivity contribution in [3.8, 4) is 0 Å². The second-order valence-electron chi connectivity index (χ2n) is 5.30. The van der Waals surface area contributed by atoms with Gasteiger partial charge in [0.25, 0.3) is 0 Å². The highest BCUT2D eigenvalue weighted by molar-refractivity contribution is 6.56. The lowest BCUT2D eigenvalue weighted by atomic mass is 9.78. The second-order valence-corrected chi connectivity index (χ2v) is 5.30. The first kappa shape index (κ1) is 15.0. The Morgan fingerprint density at radius 2 is 1.72 bits per heavy atom. The molecule has 1 fully saturated rings. The molecule has 0 aromatic rings. The summed E-state index contributed by atoms with van der Waals surface area (Å²) in [6, 6.07) is 0. The maximum absolute atomic E-state index is 5.96. The maximum atomic E-state index is 5.96. The first-order valence-corrected chi connectivity index (χ1v) is 6.11. The van der Waals surface area contributed by atoms with Crippen LogP contribution < -0.4 is 5.32 Å². The summed E-state index contributed by atoms with van der Waals surface area (Å²) in [5, 5.41) is 3.00. The van der Waals surface area contributed by atoms with Gasteiger partial charge in [0.1, 0.15) is 5.84 Å². The Balaban J connectivity index is 2.98. The van der Waals surface area contributed by atoms with Crippen molar-refractivity contribution in [3.05, 3.63) is 24.2 Å². The van der Waals surface area contributed by atoms with Crippen LogP contribution in [0.3, 0.4) is 0 Å². The topological polar surface area (TPSA) is 42.9 Å². The molecule has 1 N–H and O–H groups in total. The Hall–Kier alpha value is -1.07. The van der Waals surface area contributed by atoms with E-state index in [0.29, 0.717) is 0 Å². The van der Waals surface area contributed by atoms with Gasteiger partial charge in [-0.1, -0.05) is 12.7 Å². The summed E-state index contributed by atoms with van der Waals surface area (Å²) in [5.74, 6) is 0.764. The van der Waals surface area contributed by atoms with E-state index >= 15 is 0 Å². The Kier molecular flexibility index (Phi) is 4.40. The highest BCUT2D eigenvalue weighted by Crippen LogP contribution is 2.38. The molecule has 0 spiro atoms. The zero-order valence-corrected chi connectivity index (χ0v) is 12.2. The predicted octanol–water partition coefficient (Wildman–Crippen LogP) is 1.98. The molecule has 1 aliphatic heterocycles. The van der Waals surface area contributed by atoms with Crippen molar-refractivity contribution in [1.82, 2.24) is 5.32 Å². The van der Waals surface area contributed by atoms with Crippen LogP contribution in [0.25, 0.3) is 0 Å². The van der Waals surface area contributed by atoms with Crippen LogP contribution >= 0.6 is 0 Å². The van der Waals surface area contributed by atoms with Gasteiger partial charge in [-0.3, -0.25) is 4.99 Å². The fourth-order valence-electron chi connectivity index (χ4n) is 1.61. The number of amidine groups is 1. The van der Waals surface area contributed by atoms with Gasteiger partial charge in [0, 0.05) is 14.1 Å². The summed E-state index contributed by atoms with van der Waals surface area (Å²) in [7, 11) is 3.15. The van der Waals surface area contributed by atoms with Gasteiger partial charge < -0.3 is 14.6 Å². The molecular weight excluding hydrogens is 227 g/mol. The summed E-state index contributed by atoms with van der Waals surface area (Å²) in [5.41, 5.74) is 0.176. The second kappa shape index (κ2) is 5.28. The average Bonchev–Trinajstić information content (AvgIpc) is 2.50. The largest absolute Gasteiger partial charge is 0.494 e. The van der Waals surface area contributed by atoms with Crippen molar-refractivity contribution in [2.24, 2.45) is 4.99 Å². The van der Waals surface area contributed by atoms with Gasteiger partial charge in [-0.2, -0.15) is 0 Å². The molecule has 0 aromatic heterocycles. The molecule has 5 heteroatoms.